The molecule has 152 valence electrons. The van der Waals surface area contributed by atoms with Crippen LogP contribution in [0.15, 0.2) is 64.5 Å². The van der Waals surface area contributed by atoms with Crippen LogP contribution in [0.1, 0.15) is 32.3 Å². The highest BCUT2D eigenvalue weighted by Crippen LogP contribution is 2.19. The Bertz CT molecular complexity index is 1030. The van der Waals surface area contributed by atoms with Gasteiger partial charge in [0, 0.05) is 13.1 Å². The van der Waals surface area contributed by atoms with Crippen LogP contribution >= 0.6 is 11.8 Å². The molecule has 3 aromatic rings. The molecule has 0 fully saturated rings. The van der Waals surface area contributed by atoms with E-state index < -0.39 is 0 Å². The van der Waals surface area contributed by atoms with E-state index in [1.54, 1.807) is 10.6 Å². The Balaban J connectivity index is 1.69. The lowest BCUT2D eigenvalue weighted by molar-refractivity contribution is -0.118. The van der Waals surface area contributed by atoms with Crippen molar-refractivity contribution in [2.45, 2.75) is 38.4 Å². The van der Waals surface area contributed by atoms with Gasteiger partial charge in [-0.2, -0.15) is 0 Å². The van der Waals surface area contributed by atoms with Crippen LogP contribution in [0.5, 0.6) is 0 Å². The van der Waals surface area contributed by atoms with Gasteiger partial charge in [-0.3, -0.25) is 14.2 Å². The molecule has 0 aliphatic heterocycles. The molecule has 29 heavy (non-hydrogen) atoms. The van der Waals surface area contributed by atoms with Gasteiger partial charge in [0.15, 0.2) is 5.16 Å². The van der Waals surface area contributed by atoms with Crippen LogP contribution in [-0.4, -0.2) is 27.8 Å². The number of benzene rings is 2. The third kappa shape index (κ3) is 5.48. The van der Waals surface area contributed by atoms with E-state index in [1.807, 2.05) is 36.4 Å². The summed E-state index contributed by atoms with van der Waals surface area (Å²) in [4.78, 5) is 29.9. The molecular formula is C23H27N3O2S. The number of carbonyl (C=O) groups excluding carboxylic acids is 1. The van der Waals surface area contributed by atoms with Crippen molar-refractivity contribution in [3.05, 3.63) is 70.5 Å². The van der Waals surface area contributed by atoms with E-state index in [1.165, 1.54) is 17.3 Å². The normalized spacial score (nSPS) is 12.3. The number of fused-ring (bicyclic) bond motifs is 1. The Hall–Kier alpha value is -2.60. The second-order valence-electron chi connectivity index (χ2n) is 7.63. The SMILES string of the molecule is CC(C)Cn1c(SCC(=O)NC[C@H](C)c2ccccc2)nc2ccccc2c1=O. The molecule has 0 saturated heterocycles. The molecule has 0 saturated carbocycles. The van der Waals surface area contributed by atoms with E-state index in [0.29, 0.717) is 35.1 Å². The third-order valence-corrected chi connectivity index (χ3v) is 5.66. The van der Waals surface area contributed by atoms with E-state index in [9.17, 15) is 9.59 Å². The Morgan fingerprint density at radius 2 is 1.76 bits per heavy atom. The number of hydrogen-bond donors (Lipinski definition) is 1. The summed E-state index contributed by atoms with van der Waals surface area (Å²) in [6.45, 7) is 7.37. The fourth-order valence-electron chi connectivity index (χ4n) is 3.13. The number of thioether (sulfide) groups is 1. The minimum absolute atomic E-state index is 0.0510. The Morgan fingerprint density at radius 3 is 2.48 bits per heavy atom. The van der Waals surface area contributed by atoms with Crippen molar-refractivity contribution in [1.82, 2.24) is 14.9 Å². The number of carbonyl (C=O) groups is 1. The fourth-order valence-corrected chi connectivity index (χ4v) is 3.97. The first-order valence-corrected chi connectivity index (χ1v) is 10.9. The minimum Gasteiger partial charge on any atom is -0.355 e. The number of nitrogens with zero attached hydrogens (tertiary/aromatic N) is 2. The molecule has 3 rings (SSSR count). The van der Waals surface area contributed by atoms with Gasteiger partial charge in [-0.05, 0) is 29.5 Å². The van der Waals surface area contributed by atoms with Gasteiger partial charge < -0.3 is 5.32 Å². The van der Waals surface area contributed by atoms with Crippen LogP contribution in [-0.2, 0) is 11.3 Å². The van der Waals surface area contributed by atoms with Gasteiger partial charge in [0.25, 0.3) is 5.56 Å². The van der Waals surface area contributed by atoms with Crippen molar-refractivity contribution in [1.29, 1.82) is 0 Å². The maximum Gasteiger partial charge on any atom is 0.262 e. The molecule has 0 radical (unpaired) electrons. The second-order valence-corrected chi connectivity index (χ2v) is 8.57. The summed E-state index contributed by atoms with van der Waals surface area (Å²) in [5.41, 5.74) is 1.81. The van der Waals surface area contributed by atoms with Crippen LogP contribution < -0.4 is 10.9 Å². The number of hydrogen-bond acceptors (Lipinski definition) is 4. The lowest BCUT2D eigenvalue weighted by Gasteiger charge is -2.15. The maximum atomic E-state index is 12.9. The molecule has 1 atom stereocenters. The zero-order valence-electron chi connectivity index (χ0n) is 17.1. The highest BCUT2D eigenvalue weighted by Gasteiger charge is 2.14. The molecule has 1 heterocycles. The maximum absolute atomic E-state index is 12.9. The molecule has 6 heteroatoms. The van der Waals surface area contributed by atoms with E-state index >= 15 is 0 Å². The number of amides is 1. The Morgan fingerprint density at radius 1 is 1.07 bits per heavy atom. The molecule has 5 nitrogen and oxygen atoms in total. The molecule has 1 amide bonds. The molecule has 0 bridgehead atoms. The topological polar surface area (TPSA) is 64.0 Å². The Kier molecular flexibility index (Phi) is 7.09. The van der Waals surface area contributed by atoms with Crippen molar-refractivity contribution >= 4 is 28.6 Å². The number of para-hydroxylation sites is 1. The molecule has 0 spiro atoms. The number of rotatable bonds is 8. The predicted molar refractivity (Wildman–Crippen MR) is 119 cm³/mol. The van der Waals surface area contributed by atoms with Crippen LogP contribution in [0.4, 0.5) is 0 Å². The van der Waals surface area contributed by atoms with Gasteiger partial charge in [-0.1, -0.05) is 75.0 Å². The summed E-state index contributed by atoms with van der Waals surface area (Å²) in [6.07, 6.45) is 0. The average Bonchev–Trinajstić information content (AvgIpc) is 2.73. The number of aromatic nitrogens is 2. The molecule has 2 aromatic carbocycles. The van der Waals surface area contributed by atoms with Crippen molar-refractivity contribution in [2.75, 3.05) is 12.3 Å². The standard InChI is InChI=1S/C23H27N3O2S/c1-16(2)14-26-22(28)19-11-7-8-12-20(19)25-23(26)29-15-21(27)24-13-17(3)18-9-5-4-6-10-18/h4-12,16-17H,13-15H2,1-3H3,(H,24,27)/t17-/m0/s1. The van der Waals surface area contributed by atoms with E-state index in [2.05, 4.69) is 43.2 Å². The summed E-state index contributed by atoms with van der Waals surface area (Å²) in [5, 5.41) is 4.19. The van der Waals surface area contributed by atoms with Crippen molar-refractivity contribution in [2.24, 2.45) is 5.92 Å². The molecule has 0 unspecified atom stereocenters. The number of nitrogens with one attached hydrogen (secondary N) is 1. The van der Waals surface area contributed by atoms with E-state index in [-0.39, 0.29) is 23.1 Å². The summed E-state index contributed by atoms with van der Waals surface area (Å²) in [7, 11) is 0. The second kappa shape index (κ2) is 9.74. The third-order valence-electron chi connectivity index (χ3n) is 4.68. The average molecular weight is 410 g/mol. The van der Waals surface area contributed by atoms with Crippen LogP contribution in [0.3, 0.4) is 0 Å². The highest BCUT2D eigenvalue weighted by molar-refractivity contribution is 7.99. The zero-order valence-corrected chi connectivity index (χ0v) is 17.9. The summed E-state index contributed by atoms with van der Waals surface area (Å²) in [6, 6.07) is 17.5. The molecule has 1 aromatic heterocycles. The van der Waals surface area contributed by atoms with E-state index in [0.717, 1.165) is 0 Å². The van der Waals surface area contributed by atoms with Crippen LogP contribution in [0.2, 0.25) is 0 Å². The van der Waals surface area contributed by atoms with Crippen LogP contribution in [0, 0.1) is 5.92 Å². The van der Waals surface area contributed by atoms with Gasteiger partial charge in [0.2, 0.25) is 5.91 Å². The molecule has 1 N–H and O–H groups in total. The quantitative estimate of drug-likeness (QED) is 0.450. The largest absolute Gasteiger partial charge is 0.355 e. The van der Waals surface area contributed by atoms with Gasteiger partial charge in [-0.15, -0.1) is 0 Å². The smallest absolute Gasteiger partial charge is 0.262 e. The predicted octanol–water partition coefficient (Wildman–Crippen LogP) is 4.06. The van der Waals surface area contributed by atoms with Crippen molar-refractivity contribution < 1.29 is 4.79 Å². The molecular weight excluding hydrogens is 382 g/mol. The van der Waals surface area contributed by atoms with Gasteiger partial charge in [0.1, 0.15) is 0 Å². The lowest BCUT2D eigenvalue weighted by Crippen LogP contribution is -2.30. The summed E-state index contributed by atoms with van der Waals surface area (Å²) >= 11 is 1.31. The van der Waals surface area contributed by atoms with Gasteiger partial charge >= 0.3 is 0 Å². The first kappa shape index (κ1) is 21.1. The van der Waals surface area contributed by atoms with Gasteiger partial charge in [0.05, 0.1) is 16.7 Å². The summed E-state index contributed by atoms with van der Waals surface area (Å²) in [5.74, 6) is 0.708. The zero-order chi connectivity index (χ0) is 20.8. The van der Waals surface area contributed by atoms with Crippen molar-refractivity contribution in [3.8, 4) is 0 Å². The van der Waals surface area contributed by atoms with Crippen LogP contribution in [0.25, 0.3) is 10.9 Å². The molecule has 0 aliphatic rings. The highest BCUT2D eigenvalue weighted by atomic mass is 32.2. The van der Waals surface area contributed by atoms with E-state index in [4.69, 9.17) is 0 Å². The fraction of sp³-hybridized carbons (Fsp3) is 0.348. The summed E-state index contributed by atoms with van der Waals surface area (Å²) < 4.78 is 1.69. The minimum atomic E-state index is -0.0590. The van der Waals surface area contributed by atoms with Crippen molar-refractivity contribution in [3.63, 3.8) is 0 Å². The first-order valence-electron chi connectivity index (χ1n) is 9.89. The van der Waals surface area contributed by atoms with Gasteiger partial charge in [-0.25, -0.2) is 4.98 Å². The lowest BCUT2D eigenvalue weighted by atomic mass is 10.0. The Labute approximate surface area is 175 Å². The monoisotopic (exact) mass is 409 g/mol. The molecule has 0 aliphatic carbocycles. The first-order chi connectivity index (χ1) is 14.0.